The Morgan fingerprint density at radius 3 is 1.37 bits per heavy atom. The van der Waals surface area contributed by atoms with E-state index in [1.165, 1.54) is 9.59 Å². The van der Waals surface area contributed by atoms with Gasteiger partial charge < -0.3 is 9.47 Å². The molecule has 0 unspecified atom stereocenters. The molecule has 0 saturated heterocycles. The molecule has 0 aliphatic heterocycles. The summed E-state index contributed by atoms with van der Waals surface area (Å²) in [6.07, 6.45) is 1.55. The minimum absolute atomic E-state index is 0.298. The van der Waals surface area contributed by atoms with Crippen LogP contribution in [0.3, 0.4) is 0 Å². The number of nitrogens with one attached hydrogen (secondary N) is 2. The number of ether oxygens (including phenoxy) is 2. The van der Waals surface area contributed by atoms with Crippen LogP contribution in [0, 0.1) is 0 Å². The van der Waals surface area contributed by atoms with Gasteiger partial charge in [0.05, 0.1) is 24.3 Å². The van der Waals surface area contributed by atoms with Gasteiger partial charge in [-0.15, -0.1) is 20.4 Å². The zero-order chi connectivity index (χ0) is 35.0. The van der Waals surface area contributed by atoms with E-state index >= 15 is 0 Å². The van der Waals surface area contributed by atoms with Crippen LogP contribution in [-0.2, 0) is 13.1 Å². The second kappa shape index (κ2) is 15.2. The number of tetrazole rings is 2. The first-order valence-electron chi connectivity index (χ1n) is 16.7. The van der Waals surface area contributed by atoms with E-state index in [0.717, 1.165) is 35.1 Å². The van der Waals surface area contributed by atoms with Crippen LogP contribution in [0.2, 0.25) is 0 Å². The van der Waals surface area contributed by atoms with Crippen LogP contribution in [0.15, 0.2) is 109 Å². The Bertz CT molecular complexity index is 2180. The minimum Gasteiger partial charge on any atom is -0.493 e. The van der Waals surface area contributed by atoms with Crippen LogP contribution in [0.4, 0.5) is 0 Å². The van der Waals surface area contributed by atoms with Crippen LogP contribution < -0.4 is 9.47 Å². The number of aromatic nitrogens is 14. The number of para-hydroxylation sites is 2. The van der Waals surface area contributed by atoms with E-state index in [-0.39, 0.29) is 0 Å². The maximum absolute atomic E-state index is 6.16. The van der Waals surface area contributed by atoms with Gasteiger partial charge in [0.25, 0.3) is 0 Å². The molecule has 0 spiro atoms. The first kappa shape index (κ1) is 32.1. The van der Waals surface area contributed by atoms with Crippen molar-refractivity contribution in [3.8, 4) is 57.1 Å². The Balaban J connectivity index is 0.822. The van der Waals surface area contributed by atoms with Gasteiger partial charge in [0.2, 0.25) is 11.6 Å². The number of hydrogen-bond donors (Lipinski definition) is 2. The predicted octanol–water partition coefficient (Wildman–Crippen LogP) is 4.90. The molecule has 8 rings (SSSR count). The Labute approximate surface area is 296 Å². The van der Waals surface area contributed by atoms with E-state index in [9.17, 15) is 0 Å². The molecule has 4 aromatic heterocycles. The highest BCUT2D eigenvalue weighted by molar-refractivity contribution is 5.64. The third kappa shape index (κ3) is 7.55. The van der Waals surface area contributed by atoms with Gasteiger partial charge in [0, 0.05) is 11.1 Å². The monoisotopic (exact) mass is 692 g/mol. The molecule has 0 radical (unpaired) electrons. The van der Waals surface area contributed by atoms with Gasteiger partial charge in [-0.1, -0.05) is 84.9 Å². The van der Waals surface area contributed by atoms with E-state index in [1.54, 1.807) is 0 Å². The van der Waals surface area contributed by atoms with Crippen molar-refractivity contribution in [2.24, 2.45) is 0 Å². The molecule has 4 heterocycles. The molecule has 8 aromatic rings. The number of H-pyrrole nitrogens is 2. The second-order valence-corrected chi connectivity index (χ2v) is 11.6. The van der Waals surface area contributed by atoms with Gasteiger partial charge >= 0.3 is 0 Å². The summed E-state index contributed by atoms with van der Waals surface area (Å²) in [4.78, 5) is 12.3. The zero-order valence-corrected chi connectivity index (χ0v) is 27.8. The van der Waals surface area contributed by atoms with Crippen LogP contribution >= 0.6 is 0 Å². The molecular formula is C36H32N14O2. The van der Waals surface area contributed by atoms with E-state index < -0.39 is 0 Å². The highest BCUT2D eigenvalue weighted by Gasteiger charge is 2.15. The number of hydrogen-bond acceptors (Lipinski definition) is 12. The van der Waals surface area contributed by atoms with Crippen molar-refractivity contribution in [3.63, 3.8) is 0 Å². The molecule has 0 atom stereocenters. The lowest BCUT2D eigenvalue weighted by Gasteiger charge is -2.11. The molecule has 52 heavy (non-hydrogen) atoms. The quantitative estimate of drug-likeness (QED) is 0.139. The molecular weight excluding hydrogens is 660 g/mol. The Morgan fingerprint density at radius 2 is 0.904 bits per heavy atom. The summed E-state index contributed by atoms with van der Waals surface area (Å²) >= 11 is 0. The summed E-state index contributed by atoms with van der Waals surface area (Å²) in [7, 11) is 0. The highest BCUT2D eigenvalue weighted by Crippen LogP contribution is 2.29. The second-order valence-electron chi connectivity index (χ2n) is 11.6. The lowest BCUT2D eigenvalue weighted by Crippen LogP contribution is -2.06. The van der Waals surface area contributed by atoms with Crippen molar-refractivity contribution in [2.45, 2.75) is 25.9 Å². The summed E-state index contributed by atoms with van der Waals surface area (Å²) < 4.78 is 12.3. The molecule has 0 aliphatic rings. The van der Waals surface area contributed by atoms with Gasteiger partial charge in [-0.2, -0.15) is 19.8 Å². The third-order valence-electron chi connectivity index (χ3n) is 7.93. The SMILES string of the molecule is c1ccc(-c2nnn(Cc3nc(-c4ccccc4OCCCCOc4ccccc4-c4n[nH]c(Cn5nnc(-c6ccccc6)n5)n4)n[nH]3)n2)cc1. The van der Waals surface area contributed by atoms with Crippen molar-refractivity contribution in [1.29, 1.82) is 0 Å². The van der Waals surface area contributed by atoms with Crippen molar-refractivity contribution in [1.82, 2.24) is 70.8 Å². The van der Waals surface area contributed by atoms with E-state index in [1.807, 2.05) is 109 Å². The number of rotatable bonds is 15. The Kier molecular flexibility index (Phi) is 9.39. The fourth-order valence-electron chi connectivity index (χ4n) is 5.39. The molecule has 0 fully saturated rings. The van der Waals surface area contributed by atoms with Gasteiger partial charge in [0.1, 0.15) is 36.2 Å². The Hall–Kier alpha value is -7.10. The minimum atomic E-state index is 0.298. The molecule has 0 aliphatic carbocycles. The maximum atomic E-state index is 6.16. The highest BCUT2D eigenvalue weighted by atomic mass is 16.5. The normalized spacial score (nSPS) is 11.2. The fraction of sp³-hybridized carbons (Fsp3) is 0.167. The standard InChI is InChI=1S/C36H32N14O2/c1-3-13-25(14-4-1)33-43-47-49(45-33)23-31-37-35(41-39-31)27-17-7-9-19-29(27)51-21-11-12-22-52-30-20-10-8-18-28(30)36-38-32(40-42-36)24-50-46-34(44-48-50)26-15-5-2-6-16-26/h1-10,13-20H,11-12,21-24H2,(H,37,39,41)(H,38,40,42). The van der Waals surface area contributed by atoms with Crippen LogP contribution in [-0.4, -0.2) is 84.0 Å². The predicted molar refractivity (Wildman–Crippen MR) is 189 cm³/mol. The molecule has 2 N–H and O–H groups in total. The van der Waals surface area contributed by atoms with Crippen LogP contribution in [0.1, 0.15) is 24.5 Å². The summed E-state index contributed by atoms with van der Waals surface area (Å²) in [6, 6.07) is 34.8. The molecule has 258 valence electrons. The van der Waals surface area contributed by atoms with Gasteiger partial charge in [-0.05, 0) is 47.5 Å². The average Bonchev–Trinajstić information content (AvgIpc) is 4.04. The average molecular weight is 693 g/mol. The zero-order valence-electron chi connectivity index (χ0n) is 27.8. The van der Waals surface area contributed by atoms with E-state index in [0.29, 0.717) is 72.7 Å². The van der Waals surface area contributed by atoms with Gasteiger partial charge in [-0.25, -0.2) is 9.97 Å². The largest absolute Gasteiger partial charge is 0.493 e. The summed E-state index contributed by atoms with van der Waals surface area (Å²) in [6.45, 7) is 1.59. The molecule has 4 aromatic carbocycles. The van der Waals surface area contributed by atoms with Crippen molar-refractivity contribution in [3.05, 3.63) is 121 Å². The first-order valence-corrected chi connectivity index (χ1v) is 16.7. The molecule has 0 bridgehead atoms. The van der Waals surface area contributed by atoms with E-state index in [2.05, 4.69) is 61.2 Å². The van der Waals surface area contributed by atoms with Crippen molar-refractivity contribution in [2.75, 3.05) is 13.2 Å². The van der Waals surface area contributed by atoms with Gasteiger partial charge in [-0.3, -0.25) is 10.2 Å². The fourth-order valence-corrected chi connectivity index (χ4v) is 5.39. The number of nitrogens with zero attached hydrogens (tertiary/aromatic N) is 12. The summed E-state index contributed by atoms with van der Waals surface area (Å²) in [5.41, 5.74) is 3.36. The third-order valence-corrected chi connectivity index (χ3v) is 7.93. The topological polar surface area (TPSA) is 189 Å². The van der Waals surface area contributed by atoms with Crippen LogP contribution in [0.25, 0.3) is 45.6 Å². The van der Waals surface area contributed by atoms with Crippen molar-refractivity contribution < 1.29 is 9.47 Å². The number of benzene rings is 4. The molecule has 0 saturated carbocycles. The molecule has 16 nitrogen and oxygen atoms in total. The van der Waals surface area contributed by atoms with Gasteiger partial charge in [0.15, 0.2) is 11.6 Å². The summed E-state index contributed by atoms with van der Waals surface area (Å²) in [5.74, 6) is 4.75. The number of unbranched alkanes of at least 4 members (excludes halogenated alkanes) is 1. The van der Waals surface area contributed by atoms with Crippen molar-refractivity contribution >= 4 is 0 Å². The molecule has 16 heteroatoms. The number of aromatic amines is 2. The summed E-state index contributed by atoms with van der Waals surface area (Å²) in [5, 5.41) is 40.3. The maximum Gasteiger partial charge on any atom is 0.204 e. The molecule has 0 amide bonds. The van der Waals surface area contributed by atoms with E-state index in [4.69, 9.17) is 9.47 Å². The lowest BCUT2D eigenvalue weighted by atomic mass is 10.2. The van der Waals surface area contributed by atoms with Crippen LogP contribution in [0.5, 0.6) is 11.5 Å². The first-order chi connectivity index (χ1) is 25.7. The smallest absolute Gasteiger partial charge is 0.204 e. The lowest BCUT2D eigenvalue weighted by molar-refractivity contribution is 0.267. The Morgan fingerprint density at radius 1 is 0.481 bits per heavy atom.